The zero-order chi connectivity index (χ0) is 20.1. The van der Waals surface area contributed by atoms with Crippen LogP contribution in [0.3, 0.4) is 0 Å². The van der Waals surface area contributed by atoms with E-state index < -0.39 is 16.0 Å². The second-order valence-electron chi connectivity index (χ2n) is 5.87. The van der Waals surface area contributed by atoms with Gasteiger partial charge >= 0.3 is 5.97 Å². The monoisotopic (exact) mass is 397 g/mol. The Bertz CT molecular complexity index is 1100. The number of primary sulfonamides is 1. The van der Waals surface area contributed by atoms with Crippen LogP contribution >= 0.6 is 0 Å². The van der Waals surface area contributed by atoms with E-state index in [-0.39, 0.29) is 17.2 Å². The summed E-state index contributed by atoms with van der Waals surface area (Å²) in [6.07, 6.45) is 3.71. The van der Waals surface area contributed by atoms with E-state index in [9.17, 15) is 13.2 Å². The van der Waals surface area contributed by atoms with Gasteiger partial charge in [-0.15, -0.1) is 0 Å². The number of carbonyl (C=O) groups excluding carboxylic acids is 1. The Morgan fingerprint density at radius 1 is 1.11 bits per heavy atom. The average Bonchev–Trinajstić information content (AvgIpc) is 3.11. The second kappa shape index (κ2) is 8.20. The summed E-state index contributed by atoms with van der Waals surface area (Å²) in [6.45, 7) is 1.96. The molecule has 0 aliphatic carbocycles. The number of hydrogen-bond donors (Lipinski definition) is 1. The summed E-state index contributed by atoms with van der Waals surface area (Å²) in [4.78, 5) is 12.1. The highest BCUT2D eigenvalue weighted by Gasteiger charge is 2.16. The summed E-state index contributed by atoms with van der Waals surface area (Å²) in [7, 11) is -3.79. The largest absolute Gasteiger partial charge is 0.461 e. The van der Waals surface area contributed by atoms with Crippen molar-refractivity contribution in [3.8, 4) is 5.69 Å². The number of carbonyl (C=O) groups is 1. The molecule has 0 fully saturated rings. The molecule has 1 aromatic heterocycles. The van der Waals surface area contributed by atoms with Crippen LogP contribution in [0.2, 0.25) is 0 Å². The molecule has 0 unspecified atom stereocenters. The number of ether oxygens (including phenoxy) is 1. The molecule has 144 valence electrons. The van der Waals surface area contributed by atoms with Gasteiger partial charge in [-0.25, -0.2) is 23.0 Å². The lowest BCUT2D eigenvalue weighted by Gasteiger charge is -2.06. The highest BCUT2D eigenvalue weighted by Crippen LogP contribution is 2.18. The van der Waals surface area contributed by atoms with Gasteiger partial charge in [-0.3, -0.25) is 0 Å². The summed E-state index contributed by atoms with van der Waals surface area (Å²) in [6, 6.07) is 17.2. The van der Waals surface area contributed by atoms with Crippen LogP contribution in [0, 0.1) is 0 Å². The number of nitrogens with zero attached hydrogens (tertiary/aromatic N) is 2. The molecule has 0 aliphatic heterocycles. The van der Waals surface area contributed by atoms with Crippen LogP contribution in [0.4, 0.5) is 0 Å². The van der Waals surface area contributed by atoms with Crippen LogP contribution in [0.5, 0.6) is 0 Å². The Hall–Kier alpha value is -3.23. The predicted molar refractivity (Wildman–Crippen MR) is 106 cm³/mol. The summed E-state index contributed by atoms with van der Waals surface area (Å²) < 4.78 is 29.5. The minimum absolute atomic E-state index is 0.00426. The fraction of sp³-hybridized carbons (Fsp3) is 0.100. The van der Waals surface area contributed by atoms with Crippen molar-refractivity contribution in [1.82, 2.24) is 9.78 Å². The normalized spacial score (nSPS) is 11.6. The van der Waals surface area contributed by atoms with Crippen molar-refractivity contribution in [2.75, 3.05) is 6.61 Å². The minimum Gasteiger partial charge on any atom is -0.461 e. The van der Waals surface area contributed by atoms with Crippen molar-refractivity contribution < 1.29 is 17.9 Å². The lowest BCUT2D eigenvalue weighted by atomic mass is 10.2. The van der Waals surface area contributed by atoms with Gasteiger partial charge in [0.2, 0.25) is 10.0 Å². The molecule has 0 spiro atoms. The molecule has 2 N–H and O–H groups in total. The lowest BCUT2D eigenvalue weighted by Crippen LogP contribution is -2.12. The molecule has 28 heavy (non-hydrogen) atoms. The van der Waals surface area contributed by atoms with Crippen molar-refractivity contribution in [2.45, 2.75) is 11.8 Å². The van der Waals surface area contributed by atoms with Gasteiger partial charge in [-0.1, -0.05) is 36.4 Å². The molecule has 8 heteroatoms. The molecule has 1 heterocycles. The van der Waals surface area contributed by atoms with Gasteiger partial charge in [-0.05, 0) is 48.9 Å². The van der Waals surface area contributed by atoms with E-state index in [0.29, 0.717) is 11.4 Å². The molecule has 3 aromatic rings. The zero-order valence-electron chi connectivity index (χ0n) is 15.1. The van der Waals surface area contributed by atoms with Gasteiger partial charge in [0.15, 0.2) is 5.69 Å². The number of esters is 1. The molecule has 0 saturated heterocycles. The molecule has 0 atom stereocenters. The maximum absolute atomic E-state index is 12.1. The van der Waals surface area contributed by atoms with E-state index in [1.807, 2.05) is 42.5 Å². The number of aromatic nitrogens is 2. The third-order valence-corrected chi connectivity index (χ3v) is 4.81. The number of sulfonamides is 1. The van der Waals surface area contributed by atoms with E-state index >= 15 is 0 Å². The van der Waals surface area contributed by atoms with E-state index in [2.05, 4.69) is 5.10 Å². The Morgan fingerprint density at radius 3 is 2.39 bits per heavy atom. The van der Waals surface area contributed by atoms with Crippen LogP contribution in [-0.2, 0) is 14.8 Å². The molecule has 0 bridgehead atoms. The van der Waals surface area contributed by atoms with Crippen molar-refractivity contribution >= 4 is 28.1 Å². The molecular weight excluding hydrogens is 378 g/mol. The van der Waals surface area contributed by atoms with Crippen LogP contribution in [-0.4, -0.2) is 30.8 Å². The van der Waals surface area contributed by atoms with Crippen LogP contribution in [0.25, 0.3) is 17.8 Å². The SMILES string of the molecule is CCOC(=O)c1cc(/C=C/c2ccccc2)n(-c2ccc(S(N)(=O)=O)cc2)n1. The van der Waals surface area contributed by atoms with E-state index in [1.54, 1.807) is 29.8 Å². The molecule has 2 aromatic carbocycles. The van der Waals surface area contributed by atoms with Crippen LogP contribution in [0.15, 0.2) is 65.6 Å². The molecule has 0 aliphatic rings. The van der Waals surface area contributed by atoms with Gasteiger partial charge in [0.1, 0.15) is 0 Å². The van der Waals surface area contributed by atoms with E-state index in [1.165, 1.54) is 12.1 Å². The Balaban J connectivity index is 2.02. The third kappa shape index (κ3) is 4.54. The predicted octanol–water partition coefficient (Wildman–Crippen LogP) is 2.87. The smallest absolute Gasteiger partial charge is 0.358 e. The fourth-order valence-electron chi connectivity index (χ4n) is 2.55. The zero-order valence-corrected chi connectivity index (χ0v) is 16.0. The minimum atomic E-state index is -3.79. The number of benzene rings is 2. The molecular formula is C20H19N3O4S. The molecule has 0 saturated carbocycles. The second-order valence-corrected chi connectivity index (χ2v) is 7.43. The van der Waals surface area contributed by atoms with Crippen molar-refractivity contribution in [2.24, 2.45) is 5.14 Å². The number of hydrogen-bond acceptors (Lipinski definition) is 5. The van der Waals surface area contributed by atoms with Crippen molar-refractivity contribution in [3.05, 3.63) is 77.6 Å². The molecule has 0 amide bonds. The topological polar surface area (TPSA) is 104 Å². The Kier molecular flexibility index (Phi) is 5.72. The third-order valence-electron chi connectivity index (χ3n) is 3.88. The fourth-order valence-corrected chi connectivity index (χ4v) is 3.06. The quantitative estimate of drug-likeness (QED) is 0.644. The van der Waals surface area contributed by atoms with Crippen LogP contribution in [0.1, 0.15) is 28.7 Å². The summed E-state index contributed by atoms with van der Waals surface area (Å²) in [5.41, 5.74) is 2.36. The number of rotatable bonds is 6. The van der Waals surface area contributed by atoms with Crippen molar-refractivity contribution in [1.29, 1.82) is 0 Å². The highest BCUT2D eigenvalue weighted by molar-refractivity contribution is 7.89. The number of nitrogens with two attached hydrogens (primary N) is 1. The first-order chi connectivity index (χ1) is 13.4. The Labute approximate surface area is 163 Å². The first-order valence-electron chi connectivity index (χ1n) is 8.52. The van der Waals surface area contributed by atoms with E-state index in [0.717, 1.165) is 5.56 Å². The Morgan fingerprint density at radius 2 is 1.79 bits per heavy atom. The van der Waals surface area contributed by atoms with Crippen molar-refractivity contribution in [3.63, 3.8) is 0 Å². The molecule has 3 rings (SSSR count). The van der Waals surface area contributed by atoms with Gasteiger partial charge < -0.3 is 4.74 Å². The lowest BCUT2D eigenvalue weighted by molar-refractivity contribution is 0.0519. The van der Waals surface area contributed by atoms with E-state index in [4.69, 9.17) is 9.88 Å². The first kappa shape index (κ1) is 19.5. The summed E-state index contributed by atoms with van der Waals surface area (Å²) in [5.74, 6) is -0.531. The summed E-state index contributed by atoms with van der Waals surface area (Å²) in [5, 5.41) is 9.46. The van der Waals surface area contributed by atoms with Gasteiger partial charge in [0.25, 0.3) is 0 Å². The average molecular weight is 397 g/mol. The van der Waals surface area contributed by atoms with Gasteiger partial charge in [0, 0.05) is 0 Å². The molecule has 0 radical (unpaired) electrons. The molecule has 7 nitrogen and oxygen atoms in total. The maximum atomic E-state index is 12.1. The van der Waals surface area contributed by atoms with Gasteiger partial charge in [0.05, 0.1) is 22.9 Å². The maximum Gasteiger partial charge on any atom is 0.358 e. The first-order valence-corrected chi connectivity index (χ1v) is 10.1. The van der Waals surface area contributed by atoms with Gasteiger partial charge in [-0.2, -0.15) is 5.10 Å². The highest BCUT2D eigenvalue weighted by atomic mass is 32.2. The standard InChI is InChI=1S/C20H19N3O4S/c1-2-27-20(24)19-14-17(9-8-15-6-4-3-5-7-15)23(22-19)16-10-12-18(13-11-16)28(21,25)26/h3-14H,2H2,1H3,(H2,21,25,26)/b9-8+. The van der Waals surface area contributed by atoms with Crippen LogP contribution < -0.4 is 5.14 Å². The summed E-state index contributed by atoms with van der Waals surface area (Å²) >= 11 is 0.